The van der Waals surface area contributed by atoms with E-state index in [9.17, 15) is 20.1 Å². The van der Waals surface area contributed by atoms with Crippen LogP contribution in [0, 0.1) is 6.92 Å². The summed E-state index contributed by atoms with van der Waals surface area (Å²) in [6, 6.07) is 12.9. The molecule has 134 valence electrons. The molecule has 0 amide bonds. The SMILES string of the molecule is Cc1cccc2oc(=O)c(-c3c(O)ccc(O)c3-[n+]3ccccc3)c(O)c12. The lowest BCUT2D eigenvalue weighted by Crippen LogP contribution is -2.30. The molecule has 3 N–H and O–H groups in total. The van der Waals surface area contributed by atoms with E-state index >= 15 is 0 Å². The van der Waals surface area contributed by atoms with Gasteiger partial charge in [-0.1, -0.05) is 18.2 Å². The smallest absolute Gasteiger partial charge is 0.348 e. The second-order valence-corrected chi connectivity index (χ2v) is 6.17. The fourth-order valence-corrected chi connectivity index (χ4v) is 3.25. The molecule has 0 saturated carbocycles. The predicted molar refractivity (Wildman–Crippen MR) is 99.2 cm³/mol. The molecular formula is C21H16NO5+. The van der Waals surface area contributed by atoms with Crippen molar-refractivity contribution in [1.82, 2.24) is 0 Å². The number of fused-ring (bicyclic) bond motifs is 1. The molecule has 27 heavy (non-hydrogen) atoms. The maximum absolute atomic E-state index is 12.7. The summed E-state index contributed by atoms with van der Waals surface area (Å²) >= 11 is 0. The number of pyridine rings is 1. The van der Waals surface area contributed by atoms with Crippen LogP contribution < -0.4 is 10.2 Å². The van der Waals surface area contributed by atoms with Crippen molar-refractivity contribution in [2.45, 2.75) is 6.92 Å². The van der Waals surface area contributed by atoms with E-state index in [1.165, 1.54) is 12.1 Å². The van der Waals surface area contributed by atoms with E-state index in [0.29, 0.717) is 10.9 Å². The molecule has 0 bridgehead atoms. The van der Waals surface area contributed by atoms with Crippen molar-refractivity contribution in [3.05, 3.63) is 76.9 Å². The topological polar surface area (TPSA) is 94.8 Å². The minimum Gasteiger partial charge on any atom is -0.507 e. The van der Waals surface area contributed by atoms with Crippen molar-refractivity contribution in [2.24, 2.45) is 0 Å². The molecule has 0 spiro atoms. The minimum absolute atomic E-state index is 0.0115. The van der Waals surface area contributed by atoms with Crippen LogP contribution in [0.1, 0.15) is 5.56 Å². The Labute approximate surface area is 153 Å². The van der Waals surface area contributed by atoms with Gasteiger partial charge in [0.2, 0.25) is 0 Å². The molecule has 0 aliphatic carbocycles. The van der Waals surface area contributed by atoms with Gasteiger partial charge >= 0.3 is 5.63 Å². The highest BCUT2D eigenvalue weighted by atomic mass is 16.4. The Morgan fingerprint density at radius 2 is 1.56 bits per heavy atom. The average Bonchev–Trinajstić information content (AvgIpc) is 2.65. The second kappa shape index (κ2) is 6.17. The Bertz CT molecular complexity index is 1230. The highest BCUT2D eigenvalue weighted by molar-refractivity contribution is 5.95. The number of aryl methyl sites for hydroxylation is 1. The Morgan fingerprint density at radius 3 is 2.30 bits per heavy atom. The number of nitrogens with zero attached hydrogens (tertiary/aromatic N) is 1. The quantitative estimate of drug-likeness (QED) is 0.289. The van der Waals surface area contributed by atoms with E-state index in [1.807, 2.05) is 0 Å². The predicted octanol–water partition coefficient (Wildman–Crippen LogP) is 3.16. The maximum atomic E-state index is 12.7. The van der Waals surface area contributed by atoms with Crippen LogP contribution >= 0.6 is 0 Å². The van der Waals surface area contributed by atoms with Crippen LogP contribution in [0.5, 0.6) is 17.2 Å². The number of rotatable bonds is 2. The van der Waals surface area contributed by atoms with E-state index in [4.69, 9.17) is 4.42 Å². The van der Waals surface area contributed by atoms with Crippen LogP contribution in [0.3, 0.4) is 0 Å². The number of phenols is 2. The lowest BCUT2D eigenvalue weighted by atomic mass is 9.99. The molecule has 0 saturated heterocycles. The summed E-state index contributed by atoms with van der Waals surface area (Å²) in [5.74, 6) is -0.740. The zero-order valence-electron chi connectivity index (χ0n) is 14.4. The lowest BCUT2D eigenvalue weighted by Gasteiger charge is -2.12. The summed E-state index contributed by atoms with van der Waals surface area (Å²) < 4.78 is 6.92. The van der Waals surface area contributed by atoms with E-state index in [2.05, 4.69) is 0 Å². The van der Waals surface area contributed by atoms with Gasteiger partial charge in [-0.3, -0.25) is 0 Å². The van der Waals surface area contributed by atoms with Crippen molar-refractivity contribution in [2.75, 3.05) is 0 Å². The molecule has 2 heterocycles. The van der Waals surface area contributed by atoms with Gasteiger partial charge in [0.1, 0.15) is 28.2 Å². The largest absolute Gasteiger partial charge is 0.507 e. The third kappa shape index (κ3) is 2.58. The van der Waals surface area contributed by atoms with Crippen LogP contribution in [-0.2, 0) is 0 Å². The van der Waals surface area contributed by atoms with Gasteiger partial charge in [0, 0.05) is 12.1 Å². The summed E-state index contributed by atoms with van der Waals surface area (Å²) in [7, 11) is 0. The van der Waals surface area contributed by atoms with Crippen molar-refractivity contribution in [3.63, 3.8) is 0 Å². The molecule has 0 aliphatic rings. The number of hydrogen-bond acceptors (Lipinski definition) is 5. The number of benzene rings is 2. The van der Waals surface area contributed by atoms with Gasteiger partial charge in [0.15, 0.2) is 18.1 Å². The Morgan fingerprint density at radius 1 is 0.852 bits per heavy atom. The fraction of sp³-hybridized carbons (Fsp3) is 0.0476. The van der Waals surface area contributed by atoms with Crippen LogP contribution in [0.2, 0.25) is 0 Å². The van der Waals surface area contributed by atoms with Crippen LogP contribution in [0.4, 0.5) is 0 Å². The van der Waals surface area contributed by atoms with Crippen molar-refractivity contribution < 1.29 is 24.3 Å². The molecule has 6 heteroatoms. The molecule has 4 rings (SSSR count). The molecule has 0 aliphatic heterocycles. The third-order valence-corrected chi connectivity index (χ3v) is 4.47. The van der Waals surface area contributed by atoms with Crippen molar-refractivity contribution >= 4 is 11.0 Å². The van der Waals surface area contributed by atoms with E-state index < -0.39 is 5.63 Å². The van der Waals surface area contributed by atoms with Crippen molar-refractivity contribution in [1.29, 1.82) is 0 Å². The van der Waals surface area contributed by atoms with Gasteiger partial charge in [-0.2, -0.15) is 4.57 Å². The van der Waals surface area contributed by atoms with Gasteiger partial charge < -0.3 is 19.7 Å². The van der Waals surface area contributed by atoms with E-state index in [-0.39, 0.29) is 39.6 Å². The molecule has 0 radical (unpaired) electrons. The lowest BCUT2D eigenvalue weighted by molar-refractivity contribution is -0.595. The minimum atomic E-state index is -0.815. The van der Waals surface area contributed by atoms with Gasteiger partial charge in [0.05, 0.1) is 5.39 Å². The molecule has 0 atom stereocenters. The highest BCUT2D eigenvalue weighted by Crippen LogP contribution is 2.42. The van der Waals surface area contributed by atoms with Gasteiger partial charge in [-0.25, -0.2) is 4.79 Å². The fourth-order valence-electron chi connectivity index (χ4n) is 3.25. The van der Waals surface area contributed by atoms with Crippen molar-refractivity contribution in [3.8, 4) is 34.1 Å². The summed E-state index contributed by atoms with van der Waals surface area (Å²) in [6.45, 7) is 1.78. The summed E-state index contributed by atoms with van der Waals surface area (Å²) in [6.07, 6.45) is 3.31. The zero-order valence-corrected chi connectivity index (χ0v) is 14.4. The Balaban J connectivity index is 2.17. The summed E-state index contributed by atoms with van der Waals surface area (Å²) in [5, 5.41) is 32.2. The summed E-state index contributed by atoms with van der Waals surface area (Å²) in [4.78, 5) is 12.7. The Hall–Kier alpha value is -3.80. The van der Waals surface area contributed by atoms with Crippen LogP contribution in [0.15, 0.2) is 70.1 Å². The number of aromatic nitrogens is 1. The zero-order chi connectivity index (χ0) is 19.1. The highest BCUT2D eigenvalue weighted by Gasteiger charge is 2.29. The van der Waals surface area contributed by atoms with E-state index in [0.717, 1.165) is 0 Å². The second-order valence-electron chi connectivity index (χ2n) is 6.17. The van der Waals surface area contributed by atoms with Gasteiger partial charge in [0.25, 0.3) is 5.69 Å². The maximum Gasteiger partial charge on any atom is 0.348 e. The first-order valence-corrected chi connectivity index (χ1v) is 8.26. The average molecular weight is 362 g/mol. The first kappa shape index (κ1) is 16.7. The molecule has 2 aromatic heterocycles. The van der Waals surface area contributed by atoms with Gasteiger partial charge in [-0.05, 0) is 30.7 Å². The molecule has 0 unspecified atom stereocenters. The Kier molecular flexibility index (Phi) is 3.81. The monoisotopic (exact) mass is 362 g/mol. The molecule has 6 nitrogen and oxygen atoms in total. The standard InChI is InChI=1S/C21H15NO5/c1-12-6-5-7-15-16(12)20(25)18(21(26)27-15)17-13(23)8-9-14(24)19(17)22-10-3-2-4-11-22/h2-11H,1H3,(H2-,23,24,25,26)/p+1. The van der Waals surface area contributed by atoms with Crippen LogP contribution in [-0.4, -0.2) is 15.3 Å². The van der Waals surface area contributed by atoms with E-state index in [1.54, 1.807) is 60.3 Å². The molecule has 2 aromatic carbocycles. The number of phenolic OH excluding ortho intramolecular Hbond substituents is 2. The molecule has 4 aromatic rings. The van der Waals surface area contributed by atoms with Gasteiger partial charge in [-0.15, -0.1) is 0 Å². The number of hydrogen-bond donors (Lipinski definition) is 3. The third-order valence-electron chi connectivity index (χ3n) is 4.47. The number of aromatic hydroxyl groups is 3. The molecule has 0 fully saturated rings. The van der Waals surface area contributed by atoms with Crippen LogP contribution in [0.25, 0.3) is 27.8 Å². The molecular weight excluding hydrogens is 346 g/mol. The summed E-state index contributed by atoms with van der Waals surface area (Å²) in [5.41, 5.74) is 0.0768. The normalized spacial score (nSPS) is 11.0. The first-order chi connectivity index (χ1) is 13.0. The first-order valence-electron chi connectivity index (χ1n) is 8.26.